The van der Waals surface area contributed by atoms with Gasteiger partial charge in [-0.15, -0.1) is 5.10 Å². The number of hydrogen-bond acceptors (Lipinski definition) is 4. The van der Waals surface area contributed by atoms with Crippen LogP contribution in [0.1, 0.15) is 51.8 Å². The van der Waals surface area contributed by atoms with Crippen LogP contribution in [0, 0.1) is 5.92 Å². The number of nitrogens with zero attached hydrogens (tertiary/aromatic N) is 2. The number of nitrogens with one attached hydrogen (secondary N) is 1. The maximum absolute atomic E-state index is 4.16. The van der Waals surface area contributed by atoms with Gasteiger partial charge in [-0.2, -0.15) is 0 Å². The van der Waals surface area contributed by atoms with E-state index in [1.165, 1.54) is 18.0 Å². The first kappa shape index (κ1) is 12.6. The molecule has 0 aliphatic heterocycles. The molecule has 2 atom stereocenters. The Morgan fingerprint density at radius 1 is 1.47 bits per heavy atom. The van der Waals surface area contributed by atoms with Crippen LogP contribution in [0.4, 0.5) is 0 Å². The van der Waals surface area contributed by atoms with E-state index in [2.05, 4.69) is 41.1 Å². The summed E-state index contributed by atoms with van der Waals surface area (Å²) in [5.74, 6) is 0.737. The Bertz CT molecular complexity index is 248. The van der Waals surface area contributed by atoms with Crippen LogP contribution in [-0.4, -0.2) is 16.1 Å². The van der Waals surface area contributed by atoms with Crippen molar-refractivity contribution in [2.45, 2.75) is 46.1 Å². The first-order valence-electron chi connectivity index (χ1n) is 5.78. The molecule has 0 fully saturated rings. The van der Waals surface area contributed by atoms with Gasteiger partial charge in [0.15, 0.2) is 0 Å². The monoisotopic (exact) mass is 227 g/mol. The lowest BCUT2D eigenvalue weighted by molar-refractivity contribution is 0.396. The molecule has 1 heterocycles. The number of aromatic nitrogens is 2. The second-order valence-electron chi connectivity index (χ2n) is 4.09. The lowest BCUT2D eigenvalue weighted by Crippen LogP contribution is -2.24. The van der Waals surface area contributed by atoms with E-state index in [1.807, 2.05) is 0 Å². The van der Waals surface area contributed by atoms with E-state index in [0.29, 0.717) is 6.04 Å². The molecule has 0 saturated carbocycles. The first-order valence-corrected chi connectivity index (χ1v) is 6.61. The Hall–Kier alpha value is -0.480. The lowest BCUT2D eigenvalue weighted by atomic mass is 9.98. The summed E-state index contributed by atoms with van der Waals surface area (Å²) in [6, 6.07) is 0.388. The van der Waals surface area contributed by atoms with Crippen LogP contribution in [0.2, 0.25) is 0 Å². The smallest absolute Gasteiger partial charge is 0.0924 e. The van der Waals surface area contributed by atoms with Gasteiger partial charge in [0, 0.05) is 5.38 Å². The SMILES string of the molecule is CCCNC(CC(C)CC)c1csnn1. The minimum atomic E-state index is 0.388. The molecule has 2 unspecified atom stereocenters. The van der Waals surface area contributed by atoms with Crippen LogP contribution < -0.4 is 5.32 Å². The standard InChI is InChI=1S/C11H21N3S/c1-4-6-12-10(7-9(3)5-2)11-8-15-14-13-11/h8-10,12H,4-7H2,1-3H3. The van der Waals surface area contributed by atoms with Gasteiger partial charge in [-0.1, -0.05) is 31.7 Å². The molecule has 0 radical (unpaired) electrons. The van der Waals surface area contributed by atoms with Gasteiger partial charge in [-0.3, -0.25) is 0 Å². The van der Waals surface area contributed by atoms with Crippen molar-refractivity contribution in [3.63, 3.8) is 0 Å². The highest BCUT2D eigenvalue weighted by atomic mass is 32.1. The largest absolute Gasteiger partial charge is 0.309 e. The molecule has 1 N–H and O–H groups in total. The zero-order valence-electron chi connectivity index (χ0n) is 9.86. The van der Waals surface area contributed by atoms with Crippen molar-refractivity contribution >= 4 is 11.5 Å². The molecule has 1 aromatic rings. The van der Waals surface area contributed by atoms with E-state index in [0.717, 1.165) is 31.0 Å². The Morgan fingerprint density at radius 2 is 2.27 bits per heavy atom. The highest BCUT2D eigenvalue weighted by Crippen LogP contribution is 2.21. The highest BCUT2D eigenvalue weighted by molar-refractivity contribution is 7.03. The number of rotatable bonds is 7. The summed E-state index contributed by atoms with van der Waals surface area (Å²) in [5, 5.41) is 9.76. The lowest BCUT2D eigenvalue weighted by Gasteiger charge is -2.19. The predicted molar refractivity (Wildman–Crippen MR) is 65.0 cm³/mol. The van der Waals surface area contributed by atoms with E-state index in [4.69, 9.17) is 0 Å². The molecule has 0 aromatic carbocycles. The minimum absolute atomic E-state index is 0.388. The van der Waals surface area contributed by atoms with Crippen LogP contribution in [0.15, 0.2) is 5.38 Å². The van der Waals surface area contributed by atoms with Gasteiger partial charge >= 0.3 is 0 Å². The average molecular weight is 227 g/mol. The molecule has 1 aromatic heterocycles. The average Bonchev–Trinajstić information content (AvgIpc) is 2.77. The molecule has 86 valence electrons. The molecular weight excluding hydrogens is 206 g/mol. The van der Waals surface area contributed by atoms with Crippen molar-refractivity contribution in [2.75, 3.05) is 6.54 Å². The maximum atomic E-state index is 4.16. The molecule has 1 rings (SSSR count). The van der Waals surface area contributed by atoms with E-state index < -0.39 is 0 Å². The fourth-order valence-electron chi connectivity index (χ4n) is 1.52. The van der Waals surface area contributed by atoms with E-state index in [1.54, 1.807) is 0 Å². The topological polar surface area (TPSA) is 37.8 Å². The van der Waals surface area contributed by atoms with Crippen molar-refractivity contribution in [3.8, 4) is 0 Å². The van der Waals surface area contributed by atoms with Crippen LogP contribution in [-0.2, 0) is 0 Å². The molecule has 0 amide bonds. The van der Waals surface area contributed by atoms with Crippen LogP contribution >= 0.6 is 11.5 Å². The highest BCUT2D eigenvalue weighted by Gasteiger charge is 2.15. The molecule has 15 heavy (non-hydrogen) atoms. The van der Waals surface area contributed by atoms with Gasteiger partial charge < -0.3 is 5.32 Å². The van der Waals surface area contributed by atoms with E-state index in [-0.39, 0.29) is 0 Å². The van der Waals surface area contributed by atoms with Gasteiger partial charge in [-0.05, 0) is 36.8 Å². The fraction of sp³-hybridized carbons (Fsp3) is 0.818. The van der Waals surface area contributed by atoms with Crippen LogP contribution in [0.25, 0.3) is 0 Å². The van der Waals surface area contributed by atoms with Gasteiger partial charge in [0.1, 0.15) is 0 Å². The number of hydrogen-bond donors (Lipinski definition) is 1. The van der Waals surface area contributed by atoms with Crippen molar-refractivity contribution in [2.24, 2.45) is 5.92 Å². The molecule has 0 aliphatic carbocycles. The summed E-state index contributed by atoms with van der Waals surface area (Å²) in [6.07, 6.45) is 3.54. The molecule has 0 spiro atoms. The van der Waals surface area contributed by atoms with E-state index >= 15 is 0 Å². The van der Waals surface area contributed by atoms with Crippen molar-refractivity contribution in [3.05, 3.63) is 11.1 Å². The van der Waals surface area contributed by atoms with Gasteiger partial charge in [0.25, 0.3) is 0 Å². The quantitative estimate of drug-likeness (QED) is 0.778. The third-order valence-electron chi connectivity index (χ3n) is 2.71. The molecule has 0 bridgehead atoms. The Morgan fingerprint density at radius 3 is 2.80 bits per heavy atom. The third-order valence-corrected chi connectivity index (χ3v) is 3.23. The van der Waals surface area contributed by atoms with Gasteiger partial charge in [0.05, 0.1) is 11.7 Å². The van der Waals surface area contributed by atoms with Crippen molar-refractivity contribution in [1.29, 1.82) is 0 Å². The predicted octanol–water partition coefficient (Wildman–Crippen LogP) is 3.02. The van der Waals surface area contributed by atoms with Gasteiger partial charge in [0.2, 0.25) is 0 Å². The third kappa shape index (κ3) is 4.26. The van der Waals surface area contributed by atoms with Crippen LogP contribution in [0.3, 0.4) is 0 Å². The summed E-state index contributed by atoms with van der Waals surface area (Å²) < 4.78 is 3.94. The Labute approximate surface area is 96.5 Å². The minimum Gasteiger partial charge on any atom is -0.309 e. The Kier molecular flexibility index (Phi) is 5.79. The summed E-state index contributed by atoms with van der Waals surface area (Å²) >= 11 is 1.43. The van der Waals surface area contributed by atoms with E-state index in [9.17, 15) is 0 Å². The van der Waals surface area contributed by atoms with Crippen molar-refractivity contribution < 1.29 is 0 Å². The normalized spacial score (nSPS) is 15.1. The summed E-state index contributed by atoms with van der Waals surface area (Å²) in [6.45, 7) is 7.77. The second-order valence-corrected chi connectivity index (χ2v) is 4.70. The zero-order valence-corrected chi connectivity index (χ0v) is 10.7. The Balaban J connectivity index is 2.53. The molecule has 4 heteroatoms. The fourth-order valence-corrected chi connectivity index (χ4v) is 2.03. The second kappa shape index (κ2) is 6.90. The van der Waals surface area contributed by atoms with Gasteiger partial charge in [-0.25, -0.2) is 0 Å². The summed E-state index contributed by atoms with van der Waals surface area (Å²) in [7, 11) is 0. The van der Waals surface area contributed by atoms with Crippen molar-refractivity contribution in [1.82, 2.24) is 14.9 Å². The summed E-state index contributed by atoms with van der Waals surface area (Å²) in [5.41, 5.74) is 1.11. The molecular formula is C11H21N3S. The molecule has 0 saturated heterocycles. The maximum Gasteiger partial charge on any atom is 0.0924 e. The molecule has 0 aliphatic rings. The first-order chi connectivity index (χ1) is 7.27. The van der Waals surface area contributed by atoms with Crippen LogP contribution in [0.5, 0.6) is 0 Å². The summed E-state index contributed by atoms with van der Waals surface area (Å²) in [4.78, 5) is 0. The molecule has 3 nitrogen and oxygen atoms in total. The zero-order chi connectivity index (χ0) is 11.1.